The average Bonchev–Trinajstić information content (AvgIpc) is 2.77. The van der Waals surface area contributed by atoms with Crippen molar-refractivity contribution in [2.45, 2.75) is 25.9 Å². The summed E-state index contributed by atoms with van der Waals surface area (Å²) in [4.78, 5) is 0. The molecule has 4 heteroatoms. The zero-order valence-corrected chi connectivity index (χ0v) is 10.3. The van der Waals surface area contributed by atoms with E-state index in [2.05, 4.69) is 46.7 Å². The van der Waals surface area contributed by atoms with Crippen LogP contribution in [0.25, 0.3) is 0 Å². The zero-order chi connectivity index (χ0) is 12.1. The predicted molar refractivity (Wildman–Crippen MR) is 67.3 cm³/mol. The lowest BCUT2D eigenvalue weighted by atomic mass is 10.0. The van der Waals surface area contributed by atoms with Crippen LogP contribution in [0.3, 0.4) is 0 Å². The van der Waals surface area contributed by atoms with Crippen LogP contribution < -0.4 is 5.32 Å². The lowest BCUT2D eigenvalue weighted by Gasteiger charge is -2.16. The highest BCUT2D eigenvalue weighted by molar-refractivity contribution is 5.18. The fourth-order valence-electron chi connectivity index (χ4n) is 1.86. The third-order valence-corrected chi connectivity index (χ3v) is 2.92. The highest BCUT2D eigenvalue weighted by atomic mass is 15.3. The molecule has 0 saturated heterocycles. The second-order valence-electron chi connectivity index (χ2n) is 4.11. The SMILES string of the molecule is CCC(NCc1nncn1C)c1ccccc1. The number of nitrogens with one attached hydrogen (secondary N) is 1. The summed E-state index contributed by atoms with van der Waals surface area (Å²) in [6.45, 7) is 2.92. The van der Waals surface area contributed by atoms with E-state index in [0.29, 0.717) is 6.04 Å². The summed E-state index contributed by atoms with van der Waals surface area (Å²) in [5, 5.41) is 11.4. The van der Waals surface area contributed by atoms with E-state index in [1.165, 1.54) is 5.56 Å². The number of aryl methyl sites for hydroxylation is 1. The maximum Gasteiger partial charge on any atom is 0.146 e. The molecule has 1 aromatic heterocycles. The second kappa shape index (κ2) is 5.59. The van der Waals surface area contributed by atoms with Gasteiger partial charge in [-0.2, -0.15) is 0 Å². The molecule has 0 spiro atoms. The van der Waals surface area contributed by atoms with Crippen LogP contribution in [0.15, 0.2) is 36.7 Å². The van der Waals surface area contributed by atoms with Crippen LogP contribution in [0.2, 0.25) is 0 Å². The minimum Gasteiger partial charge on any atom is -0.320 e. The van der Waals surface area contributed by atoms with Crippen molar-refractivity contribution in [2.24, 2.45) is 7.05 Å². The van der Waals surface area contributed by atoms with Crippen LogP contribution in [-0.2, 0) is 13.6 Å². The van der Waals surface area contributed by atoms with Gasteiger partial charge in [-0.3, -0.25) is 0 Å². The lowest BCUT2D eigenvalue weighted by Crippen LogP contribution is -2.22. The molecule has 1 heterocycles. The Balaban J connectivity index is 1.99. The number of aromatic nitrogens is 3. The molecule has 0 aliphatic rings. The smallest absolute Gasteiger partial charge is 0.146 e. The van der Waals surface area contributed by atoms with Crippen molar-refractivity contribution in [3.05, 3.63) is 48.0 Å². The normalized spacial score (nSPS) is 12.6. The molecule has 2 aromatic rings. The van der Waals surface area contributed by atoms with Gasteiger partial charge < -0.3 is 9.88 Å². The monoisotopic (exact) mass is 230 g/mol. The van der Waals surface area contributed by atoms with Crippen LogP contribution in [0, 0.1) is 0 Å². The van der Waals surface area contributed by atoms with Crippen LogP contribution in [0.5, 0.6) is 0 Å². The first kappa shape index (κ1) is 11.8. The van der Waals surface area contributed by atoms with Crippen molar-refractivity contribution >= 4 is 0 Å². The molecule has 0 aliphatic carbocycles. The van der Waals surface area contributed by atoms with Gasteiger partial charge in [0.2, 0.25) is 0 Å². The summed E-state index contributed by atoms with van der Waals surface area (Å²) in [5.74, 6) is 0.958. The summed E-state index contributed by atoms with van der Waals surface area (Å²) in [5.41, 5.74) is 1.32. The molecule has 4 nitrogen and oxygen atoms in total. The molecule has 0 aliphatic heterocycles. The molecular formula is C13H18N4. The molecule has 90 valence electrons. The maximum absolute atomic E-state index is 4.07. The maximum atomic E-state index is 4.07. The van der Waals surface area contributed by atoms with Crippen molar-refractivity contribution in [1.29, 1.82) is 0 Å². The minimum absolute atomic E-state index is 0.368. The van der Waals surface area contributed by atoms with Crippen molar-refractivity contribution < 1.29 is 0 Å². The van der Waals surface area contributed by atoms with E-state index >= 15 is 0 Å². The quantitative estimate of drug-likeness (QED) is 0.855. The fraction of sp³-hybridized carbons (Fsp3) is 0.385. The third-order valence-electron chi connectivity index (χ3n) is 2.92. The molecule has 0 radical (unpaired) electrons. The molecule has 1 N–H and O–H groups in total. The van der Waals surface area contributed by atoms with Gasteiger partial charge in [0.25, 0.3) is 0 Å². The summed E-state index contributed by atoms with van der Waals surface area (Å²) in [6, 6.07) is 10.9. The van der Waals surface area contributed by atoms with E-state index in [0.717, 1.165) is 18.8 Å². The topological polar surface area (TPSA) is 42.7 Å². The van der Waals surface area contributed by atoms with Gasteiger partial charge in [0, 0.05) is 13.1 Å². The Morgan fingerprint density at radius 1 is 1.29 bits per heavy atom. The largest absolute Gasteiger partial charge is 0.320 e. The number of hydrogen-bond acceptors (Lipinski definition) is 3. The van der Waals surface area contributed by atoms with E-state index in [-0.39, 0.29) is 0 Å². The molecule has 1 aromatic carbocycles. The minimum atomic E-state index is 0.368. The van der Waals surface area contributed by atoms with Gasteiger partial charge in [0.1, 0.15) is 12.2 Å². The average molecular weight is 230 g/mol. The summed E-state index contributed by atoms with van der Waals surface area (Å²) < 4.78 is 1.94. The Kier molecular flexibility index (Phi) is 3.88. The number of nitrogens with zero attached hydrogens (tertiary/aromatic N) is 3. The highest BCUT2D eigenvalue weighted by Crippen LogP contribution is 2.16. The Morgan fingerprint density at radius 2 is 2.06 bits per heavy atom. The van der Waals surface area contributed by atoms with Gasteiger partial charge in [-0.15, -0.1) is 10.2 Å². The van der Waals surface area contributed by atoms with E-state index in [4.69, 9.17) is 0 Å². The number of benzene rings is 1. The van der Waals surface area contributed by atoms with Crippen molar-refractivity contribution in [1.82, 2.24) is 20.1 Å². The van der Waals surface area contributed by atoms with Crippen LogP contribution in [-0.4, -0.2) is 14.8 Å². The second-order valence-corrected chi connectivity index (χ2v) is 4.11. The zero-order valence-electron chi connectivity index (χ0n) is 10.3. The summed E-state index contributed by atoms with van der Waals surface area (Å²) in [7, 11) is 1.96. The first-order valence-electron chi connectivity index (χ1n) is 5.92. The Labute approximate surface area is 102 Å². The number of rotatable bonds is 5. The molecular weight excluding hydrogens is 212 g/mol. The first-order valence-corrected chi connectivity index (χ1v) is 5.92. The molecule has 0 amide bonds. The van der Waals surface area contributed by atoms with Crippen molar-refractivity contribution in [2.75, 3.05) is 0 Å². The van der Waals surface area contributed by atoms with E-state index in [1.54, 1.807) is 6.33 Å². The first-order chi connectivity index (χ1) is 8.31. The van der Waals surface area contributed by atoms with Gasteiger partial charge in [-0.05, 0) is 12.0 Å². The van der Waals surface area contributed by atoms with Crippen molar-refractivity contribution in [3.8, 4) is 0 Å². The van der Waals surface area contributed by atoms with Gasteiger partial charge in [0.15, 0.2) is 0 Å². The standard InChI is InChI=1S/C13H18N4/c1-3-12(11-7-5-4-6-8-11)14-9-13-16-15-10-17(13)2/h4-8,10,12,14H,3,9H2,1-2H3. The van der Waals surface area contributed by atoms with Crippen LogP contribution in [0.1, 0.15) is 30.8 Å². The fourth-order valence-corrected chi connectivity index (χ4v) is 1.86. The van der Waals surface area contributed by atoms with Crippen LogP contribution in [0.4, 0.5) is 0 Å². The summed E-state index contributed by atoms with van der Waals surface area (Å²) >= 11 is 0. The van der Waals surface area contributed by atoms with E-state index in [1.807, 2.05) is 17.7 Å². The third kappa shape index (κ3) is 2.91. The molecule has 17 heavy (non-hydrogen) atoms. The van der Waals surface area contributed by atoms with Gasteiger partial charge in [-0.1, -0.05) is 37.3 Å². The molecule has 2 rings (SSSR count). The Hall–Kier alpha value is -1.68. The molecule has 1 atom stereocenters. The lowest BCUT2D eigenvalue weighted by molar-refractivity contribution is 0.501. The molecule has 0 bridgehead atoms. The van der Waals surface area contributed by atoms with Crippen LogP contribution >= 0.6 is 0 Å². The predicted octanol–water partition coefficient (Wildman–Crippen LogP) is 2.06. The number of hydrogen-bond donors (Lipinski definition) is 1. The highest BCUT2D eigenvalue weighted by Gasteiger charge is 2.09. The Bertz CT molecular complexity index is 449. The van der Waals surface area contributed by atoms with E-state index in [9.17, 15) is 0 Å². The Morgan fingerprint density at radius 3 is 2.65 bits per heavy atom. The van der Waals surface area contributed by atoms with Crippen molar-refractivity contribution in [3.63, 3.8) is 0 Å². The van der Waals surface area contributed by atoms with Gasteiger partial charge >= 0.3 is 0 Å². The van der Waals surface area contributed by atoms with Gasteiger partial charge in [0.05, 0.1) is 6.54 Å². The summed E-state index contributed by atoms with van der Waals surface area (Å²) in [6.07, 6.45) is 2.78. The molecule has 0 saturated carbocycles. The molecule has 1 unspecified atom stereocenters. The van der Waals surface area contributed by atoms with Gasteiger partial charge in [-0.25, -0.2) is 0 Å². The molecule has 0 fully saturated rings. The van der Waals surface area contributed by atoms with E-state index < -0.39 is 0 Å².